The summed E-state index contributed by atoms with van der Waals surface area (Å²) in [5.74, 6) is 0.0605. The summed E-state index contributed by atoms with van der Waals surface area (Å²) < 4.78 is 2.50. The van der Waals surface area contributed by atoms with Crippen molar-refractivity contribution < 1.29 is 5.11 Å². The van der Waals surface area contributed by atoms with Gasteiger partial charge in [0.1, 0.15) is 11.4 Å². The Morgan fingerprint density at radius 2 is 2.05 bits per heavy atom. The van der Waals surface area contributed by atoms with Crippen LogP contribution >= 0.6 is 15.9 Å². The molecule has 2 aromatic heterocycles. The molecule has 0 saturated heterocycles. The molecule has 0 radical (unpaired) electrons. The molecule has 2 heterocycles. The maximum atomic E-state index is 12.2. The number of nitrogens with one attached hydrogen (secondary N) is 1. The highest BCUT2D eigenvalue weighted by molar-refractivity contribution is 9.10. The van der Waals surface area contributed by atoms with Gasteiger partial charge in [0.05, 0.1) is 6.54 Å². The second-order valence-electron chi connectivity index (χ2n) is 4.42. The molecule has 1 aromatic carbocycles. The number of hydrogen-bond donors (Lipinski definition) is 2. The Hall–Kier alpha value is -2.41. The molecular weight excluding hydrogens is 336 g/mol. The van der Waals surface area contributed by atoms with E-state index in [1.54, 1.807) is 47.4 Å². The Kier molecular flexibility index (Phi) is 3.57. The summed E-state index contributed by atoms with van der Waals surface area (Å²) in [4.78, 5) is 18.9. The monoisotopic (exact) mass is 346 g/mol. The van der Waals surface area contributed by atoms with Crippen molar-refractivity contribution in [2.45, 2.75) is 6.54 Å². The molecule has 106 valence electrons. The normalized spacial score (nSPS) is 10.7. The van der Waals surface area contributed by atoms with E-state index in [9.17, 15) is 9.90 Å². The van der Waals surface area contributed by atoms with E-state index < -0.39 is 0 Å². The molecular formula is C14H11BrN4O2. The molecule has 7 heteroatoms. The third kappa shape index (κ3) is 2.87. The third-order valence-electron chi connectivity index (χ3n) is 2.95. The summed E-state index contributed by atoms with van der Waals surface area (Å²) in [6.07, 6.45) is 3.38. The summed E-state index contributed by atoms with van der Waals surface area (Å²) in [7, 11) is 0. The number of halogens is 1. The van der Waals surface area contributed by atoms with Crippen molar-refractivity contribution >= 4 is 15.9 Å². The SMILES string of the molecule is O=c1[nH]c(Cn2cccn2)nc(O)c1-c1ccc(Br)cc1. The van der Waals surface area contributed by atoms with Crippen molar-refractivity contribution in [3.05, 3.63) is 63.4 Å². The van der Waals surface area contributed by atoms with Crippen molar-refractivity contribution in [1.29, 1.82) is 0 Å². The van der Waals surface area contributed by atoms with Crippen LogP contribution in [0.4, 0.5) is 0 Å². The lowest BCUT2D eigenvalue weighted by Crippen LogP contribution is -2.16. The zero-order chi connectivity index (χ0) is 14.8. The largest absolute Gasteiger partial charge is 0.493 e. The minimum atomic E-state index is -0.382. The highest BCUT2D eigenvalue weighted by Crippen LogP contribution is 2.24. The van der Waals surface area contributed by atoms with E-state index in [2.05, 4.69) is 31.0 Å². The van der Waals surface area contributed by atoms with Gasteiger partial charge in [0.2, 0.25) is 5.88 Å². The molecule has 0 aliphatic carbocycles. The second-order valence-corrected chi connectivity index (χ2v) is 5.34. The van der Waals surface area contributed by atoms with Crippen LogP contribution in [-0.4, -0.2) is 24.9 Å². The number of rotatable bonds is 3. The van der Waals surface area contributed by atoms with Gasteiger partial charge in [-0.2, -0.15) is 10.1 Å². The van der Waals surface area contributed by atoms with E-state index in [1.807, 2.05) is 0 Å². The summed E-state index contributed by atoms with van der Waals surface area (Å²) in [5.41, 5.74) is 0.383. The van der Waals surface area contributed by atoms with Crippen LogP contribution in [0.2, 0.25) is 0 Å². The molecule has 0 spiro atoms. The van der Waals surface area contributed by atoms with Crippen molar-refractivity contribution in [1.82, 2.24) is 19.7 Å². The zero-order valence-electron chi connectivity index (χ0n) is 10.8. The number of hydrogen-bond acceptors (Lipinski definition) is 4. The number of nitrogens with zero attached hydrogens (tertiary/aromatic N) is 3. The van der Waals surface area contributed by atoms with Gasteiger partial charge in [-0.1, -0.05) is 28.1 Å². The van der Waals surface area contributed by atoms with E-state index >= 15 is 0 Å². The first-order valence-corrected chi connectivity index (χ1v) is 6.98. The van der Waals surface area contributed by atoms with Crippen molar-refractivity contribution in [3.63, 3.8) is 0 Å². The molecule has 0 atom stereocenters. The van der Waals surface area contributed by atoms with Gasteiger partial charge in [-0.3, -0.25) is 9.48 Å². The molecule has 0 fully saturated rings. The molecule has 21 heavy (non-hydrogen) atoms. The van der Waals surface area contributed by atoms with Crippen LogP contribution in [0.5, 0.6) is 5.88 Å². The van der Waals surface area contributed by atoms with Crippen LogP contribution in [0.3, 0.4) is 0 Å². The Balaban J connectivity index is 2.00. The highest BCUT2D eigenvalue weighted by Gasteiger charge is 2.13. The minimum Gasteiger partial charge on any atom is -0.493 e. The van der Waals surface area contributed by atoms with Crippen LogP contribution in [0.15, 0.2) is 52.0 Å². The fraction of sp³-hybridized carbons (Fsp3) is 0.0714. The Morgan fingerprint density at radius 3 is 2.67 bits per heavy atom. The number of aromatic amines is 1. The quantitative estimate of drug-likeness (QED) is 0.760. The number of aromatic nitrogens is 4. The lowest BCUT2D eigenvalue weighted by molar-refractivity contribution is 0.448. The first-order valence-electron chi connectivity index (χ1n) is 6.19. The molecule has 0 saturated carbocycles. The van der Waals surface area contributed by atoms with E-state index in [0.29, 0.717) is 11.4 Å². The number of H-pyrrole nitrogens is 1. The van der Waals surface area contributed by atoms with Crippen LogP contribution in [0.25, 0.3) is 11.1 Å². The standard InChI is InChI=1S/C14H11BrN4O2/c15-10-4-2-9(3-5-10)12-13(20)17-11(18-14(12)21)8-19-7-1-6-16-19/h1-7H,8H2,(H2,17,18,20,21). The molecule has 2 N–H and O–H groups in total. The summed E-state index contributed by atoms with van der Waals surface area (Å²) in [6, 6.07) is 8.85. The topological polar surface area (TPSA) is 83.8 Å². The van der Waals surface area contributed by atoms with Gasteiger partial charge in [-0.05, 0) is 23.8 Å². The van der Waals surface area contributed by atoms with Crippen LogP contribution in [0, 0.1) is 0 Å². The lowest BCUT2D eigenvalue weighted by Gasteiger charge is -2.06. The van der Waals surface area contributed by atoms with Gasteiger partial charge < -0.3 is 10.1 Å². The summed E-state index contributed by atoms with van der Waals surface area (Å²) in [6.45, 7) is 0.288. The van der Waals surface area contributed by atoms with Crippen molar-refractivity contribution in [2.24, 2.45) is 0 Å². The zero-order valence-corrected chi connectivity index (χ0v) is 12.4. The average Bonchev–Trinajstić information content (AvgIpc) is 2.93. The number of aromatic hydroxyl groups is 1. The molecule has 0 aliphatic heterocycles. The molecule has 6 nitrogen and oxygen atoms in total. The van der Waals surface area contributed by atoms with Gasteiger partial charge in [0.25, 0.3) is 5.56 Å². The number of benzene rings is 1. The van der Waals surface area contributed by atoms with E-state index in [1.165, 1.54) is 0 Å². The average molecular weight is 347 g/mol. The van der Waals surface area contributed by atoms with Crippen LogP contribution < -0.4 is 5.56 Å². The molecule has 0 aliphatic rings. The summed E-state index contributed by atoms with van der Waals surface area (Å²) >= 11 is 3.33. The fourth-order valence-corrected chi connectivity index (χ4v) is 2.27. The molecule has 0 unspecified atom stereocenters. The first-order chi connectivity index (χ1) is 10.1. The first kappa shape index (κ1) is 13.6. The summed E-state index contributed by atoms with van der Waals surface area (Å²) in [5, 5.41) is 14.1. The van der Waals surface area contributed by atoms with E-state index in [4.69, 9.17) is 0 Å². The predicted octanol–water partition coefficient (Wildman–Crippen LogP) is 2.15. The third-order valence-corrected chi connectivity index (χ3v) is 3.48. The predicted molar refractivity (Wildman–Crippen MR) is 81.0 cm³/mol. The van der Waals surface area contributed by atoms with Crippen LogP contribution in [0.1, 0.15) is 5.82 Å². The Bertz CT molecular complexity index is 810. The van der Waals surface area contributed by atoms with Crippen molar-refractivity contribution in [3.8, 4) is 17.0 Å². The molecule has 3 aromatic rings. The lowest BCUT2D eigenvalue weighted by atomic mass is 10.1. The maximum Gasteiger partial charge on any atom is 0.262 e. The Morgan fingerprint density at radius 1 is 1.29 bits per heavy atom. The Labute approximate surface area is 128 Å². The second kappa shape index (κ2) is 5.53. The van der Waals surface area contributed by atoms with Gasteiger partial charge in [-0.25, -0.2) is 0 Å². The van der Waals surface area contributed by atoms with Crippen LogP contribution in [-0.2, 0) is 6.54 Å². The van der Waals surface area contributed by atoms with E-state index in [-0.39, 0.29) is 23.5 Å². The minimum absolute atomic E-state index is 0.159. The van der Waals surface area contributed by atoms with Gasteiger partial charge in [-0.15, -0.1) is 0 Å². The highest BCUT2D eigenvalue weighted by atomic mass is 79.9. The van der Waals surface area contributed by atoms with Crippen molar-refractivity contribution in [2.75, 3.05) is 0 Å². The molecule has 0 amide bonds. The van der Waals surface area contributed by atoms with Gasteiger partial charge in [0, 0.05) is 16.9 Å². The molecule has 3 rings (SSSR count). The van der Waals surface area contributed by atoms with Gasteiger partial charge >= 0.3 is 0 Å². The maximum absolute atomic E-state index is 12.2. The smallest absolute Gasteiger partial charge is 0.262 e. The molecule has 0 bridgehead atoms. The van der Waals surface area contributed by atoms with Gasteiger partial charge in [0.15, 0.2) is 0 Å². The van der Waals surface area contributed by atoms with E-state index in [0.717, 1.165) is 4.47 Å². The fourth-order valence-electron chi connectivity index (χ4n) is 2.01.